The van der Waals surface area contributed by atoms with Crippen LogP contribution in [-0.2, 0) is 18.6 Å². The zero-order valence-electron chi connectivity index (χ0n) is 24.0. The van der Waals surface area contributed by atoms with Crippen LogP contribution in [0.15, 0.2) is 53.1 Å². The molecule has 2 heterocycles. The molecule has 31 heavy (non-hydrogen) atoms. The van der Waals surface area contributed by atoms with E-state index in [0.29, 0.717) is 11.1 Å². The van der Waals surface area contributed by atoms with Gasteiger partial charge in [0.25, 0.3) is 0 Å². The molecule has 0 amide bonds. The molecule has 4 aromatic rings. The first kappa shape index (κ1) is 17.5. The molecule has 2 aromatic heterocycles. The summed E-state index contributed by atoms with van der Waals surface area (Å²) in [6.45, 7) is 7.67. The van der Waals surface area contributed by atoms with Crippen LogP contribution >= 0.6 is 0 Å². The van der Waals surface area contributed by atoms with Crippen LogP contribution in [-0.4, -0.2) is 13.3 Å². The Kier molecular flexibility index (Phi) is 4.41. The summed E-state index contributed by atoms with van der Waals surface area (Å²) < 4.78 is 44.8. The predicted octanol–water partition coefficient (Wildman–Crippen LogP) is 7.39. The molecule has 0 aliphatic carbocycles. The summed E-state index contributed by atoms with van der Waals surface area (Å²) in [6, 6.07) is 14.0. The Bertz CT molecular complexity index is 1440. The van der Waals surface area contributed by atoms with Gasteiger partial charge in [-0.3, -0.25) is 0 Å². The molecule has 0 spiro atoms. The summed E-state index contributed by atoms with van der Waals surface area (Å²) in [5, 5.41) is 0.501. The van der Waals surface area contributed by atoms with E-state index in [-0.39, 0.29) is 0 Å². The van der Waals surface area contributed by atoms with Crippen molar-refractivity contribution in [3.8, 4) is 11.3 Å². The summed E-state index contributed by atoms with van der Waals surface area (Å²) in [5.41, 5.74) is 4.51. The Morgan fingerprint density at radius 3 is 2.39 bits per heavy atom. The number of benzene rings is 2. The quantitative estimate of drug-likeness (QED) is 0.220. The van der Waals surface area contributed by atoms with Gasteiger partial charge < -0.3 is 0 Å². The number of hydrogen-bond acceptors (Lipinski definition) is 1. The Morgan fingerprint density at radius 2 is 1.71 bits per heavy atom. The van der Waals surface area contributed by atoms with Crippen molar-refractivity contribution in [2.45, 2.75) is 56.5 Å². The van der Waals surface area contributed by atoms with Crippen LogP contribution < -0.4 is 4.57 Å². The van der Waals surface area contributed by atoms with E-state index in [2.05, 4.69) is 18.2 Å². The zero-order chi connectivity index (χ0) is 26.1. The molecule has 0 aliphatic rings. The van der Waals surface area contributed by atoms with Crippen LogP contribution in [0.2, 0.25) is 17.3 Å². The van der Waals surface area contributed by atoms with Crippen molar-refractivity contribution in [3.05, 3.63) is 65.4 Å². The van der Waals surface area contributed by atoms with Gasteiger partial charge in [0.2, 0.25) is 0 Å². The average Bonchev–Trinajstić information content (AvgIpc) is 3.10. The first-order chi connectivity index (χ1) is 16.0. The van der Waals surface area contributed by atoms with E-state index < -0.39 is 30.3 Å². The molecule has 2 aromatic carbocycles. The Hall–Kier alpha value is -2.07. The fourth-order valence-corrected chi connectivity index (χ4v) is 6.23. The maximum absolute atomic E-state index is 9.17. The van der Waals surface area contributed by atoms with Crippen LogP contribution in [0.1, 0.15) is 42.9 Å². The molecule has 3 heteroatoms. The van der Waals surface area contributed by atoms with Crippen LogP contribution in [0, 0.1) is 12.3 Å². The molecule has 4 rings (SSSR count). The summed E-state index contributed by atoms with van der Waals surface area (Å²) in [5.74, 6) is 6.14. The monoisotopic (exact) mass is 480 g/mol. The number of aryl methyl sites for hydroxylation is 2. The van der Waals surface area contributed by atoms with E-state index >= 15 is 0 Å². The summed E-state index contributed by atoms with van der Waals surface area (Å²) in [6.07, 6.45) is 0.0769. The molecular weight excluding hydrogens is 439 g/mol. The van der Waals surface area contributed by atoms with Gasteiger partial charge in [0.05, 0.1) is 0 Å². The second-order valence-corrected chi connectivity index (χ2v) is 20.5. The van der Waals surface area contributed by atoms with Crippen LogP contribution in [0.3, 0.4) is 0 Å². The second-order valence-electron chi connectivity index (χ2n) is 10.6. The van der Waals surface area contributed by atoms with Crippen molar-refractivity contribution in [2.75, 3.05) is 0 Å². The number of hydrogen-bond donors (Lipinski definition) is 0. The molecule has 0 N–H and O–H groups in total. The van der Waals surface area contributed by atoms with Gasteiger partial charge >= 0.3 is 195 Å². The summed E-state index contributed by atoms with van der Waals surface area (Å²) >= 11 is -2.93. The standard InChI is InChI=1S/C28H36GeNO/c1-19-13-14-23-22-11-9-10-12-25(22)31-27(23)26(19)24-15-20(16-28(2,3)4)21(18-30(24)8)17-29(5,6)7/h9-15,18H,16-17H2,1-8H3/q+1/i16D2,17D2. The van der Waals surface area contributed by atoms with Gasteiger partial charge in [0, 0.05) is 0 Å². The fraction of sp³-hybridized carbons (Fsp3) is 0.393. The fourth-order valence-electron chi connectivity index (χ4n) is 4.11. The number of nitrogens with zero attached hydrogens (tertiary/aromatic N) is 1. The number of rotatable bonds is 4. The van der Waals surface area contributed by atoms with E-state index in [4.69, 9.17) is 9.90 Å². The zero-order valence-corrected chi connectivity index (χ0v) is 22.1. The van der Waals surface area contributed by atoms with Crippen molar-refractivity contribution in [3.63, 3.8) is 0 Å². The van der Waals surface area contributed by atoms with Gasteiger partial charge in [-0.05, 0) is 0 Å². The van der Waals surface area contributed by atoms with Gasteiger partial charge in [0.15, 0.2) is 0 Å². The SMILES string of the molecule is [2H]C([2H])(c1cc(-c2c(C)ccc3c2oc2ccccc23)[n+](C)cc1[C]([2H])([2H])[Ge]([CH3])([CH3])[CH3])C(C)(C)C. The Morgan fingerprint density at radius 1 is 1.00 bits per heavy atom. The molecule has 0 saturated carbocycles. The van der Waals surface area contributed by atoms with Crippen LogP contribution in [0.25, 0.3) is 33.2 Å². The Balaban J connectivity index is 2.12. The number of pyridine rings is 1. The third-order valence-corrected chi connectivity index (χ3v) is 7.44. The molecule has 0 fully saturated rings. The molecule has 0 saturated heterocycles. The number of fused-ring (bicyclic) bond motifs is 3. The normalized spacial score (nSPS) is 15.6. The molecule has 0 atom stereocenters. The molecule has 0 unspecified atom stereocenters. The third-order valence-electron chi connectivity index (χ3n) is 5.30. The van der Waals surface area contributed by atoms with Gasteiger partial charge in [-0.25, -0.2) is 0 Å². The first-order valence-electron chi connectivity index (χ1n) is 12.9. The van der Waals surface area contributed by atoms with E-state index in [9.17, 15) is 0 Å². The van der Waals surface area contributed by atoms with Crippen molar-refractivity contribution in [1.82, 2.24) is 0 Å². The topological polar surface area (TPSA) is 17.0 Å². The molecule has 2 nitrogen and oxygen atoms in total. The van der Waals surface area contributed by atoms with Crippen LogP contribution in [0.4, 0.5) is 0 Å². The van der Waals surface area contributed by atoms with Crippen LogP contribution in [0.5, 0.6) is 0 Å². The van der Waals surface area contributed by atoms with E-state index in [0.717, 1.165) is 38.8 Å². The van der Waals surface area contributed by atoms with Crippen molar-refractivity contribution in [2.24, 2.45) is 12.5 Å². The van der Waals surface area contributed by atoms with E-state index in [1.807, 2.05) is 87.0 Å². The van der Waals surface area contributed by atoms with Crippen molar-refractivity contribution in [1.29, 1.82) is 0 Å². The van der Waals surface area contributed by atoms with Gasteiger partial charge in [-0.2, -0.15) is 0 Å². The number of para-hydroxylation sites is 1. The molecule has 0 aliphatic heterocycles. The molecule has 0 bridgehead atoms. The molecular formula is C28H36GeNO+. The second kappa shape index (κ2) is 7.81. The van der Waals surface area contributed by atoms with Crippen molar-refractivity contribution < 1.29 is 14.5 Å². The Labute approximate surface area is 195 Å². The maximum atomic E-state index is 9.17. The van der Waals surface area contributed by atoms with E-state index in [1.54, 1.807) is 0 Å². The minimum absolute atomic E-state index is 0.427. The first-order valence-corrected chi connectivity index (χ1v) is 18.3. The van der Waals surface area contributed by atoms with Gasteiger partial charge in [-0.15, -0.1) is 0 Å². The summed E-state index contributed by atoms with van der Waals surface area (Å²) in [4.78, 5) is 0. The number of aromatic nitrogens is 1. The minimum atomic E-state index is -2.93. The summed E-state index contributed by atoms with van der Waals surface area (Å²) in [7, 11) is 1.92. The third kappa shape index (κ3) is 4.60. The van der Waals surface area contributed by atoms with Gasteiger partial charge in [-0.1, -0.05) is 0 Å². The van der Waals surface area contributed by atoms with E-state index in [1.165, 1.54) is 0 Å². The van der Waals surface area contributed by atoms with Crippen molar-refractivity contribution >= 4 is 35.2 Å². The predicted molar refractivity (Wildman–Crippen MR) is 135 cm³/mol. The molecule has 162 valence electrons. The molecule has 0 radical (unpaired) electrons. The van der Waals surface area contributed by atoms with Gasteiger partial charge in [0.1, 0.15) is 0 Å². The number of furan rings is 1. The average molecular weight is 479 g/mol.